The summed E-state index contributed by atoms with van der Waals surface area (Å²) < 4.78 is 5.19. The van der Waals surface area contributed by atoms with Crippen LogP contribution < -0.4 is 0 Å². The quantitative estimate of drug-likeness (QED) is 0.623. The van der Waals surface area contributed by atoms with Crippen LogP contribution >= 0.6 is 0 Å². The molecule has 0 aliphatic rings. The van der Waals surface area contributed by atoms with Crippen LogP contribution in [0.25, 0.3) is 0 Å². The fraction of sp³-hybridized carbons (Fsp3) is 1.00. The first-order chi connectivity index (χ1) is 5.38. The second-order valence-corrected chi connectivity index (χ2v) is 2.94. The van der Waals surface area contributed by atoms with Gasteiger partial charge in [-0.3, -0.25) is 4.63 Å². The van der Waals surface area contributed by atoms with E-state index in [4.69, 9.17) is 4.63 Å². The standard InChI is InChI=1S/C8H18N2O/c1-3-5-7-9-10(11-9)8-6-4-2/h3-8H2,1-2H3. The van der Waals surface area contributed by atoms with E-state index in [-0.39, 0.29) is 0 Å². The molecule has 0 N–H and O–H groups in total. The van der Waals surface area contributed by atoms with Gasteiger partial charge in [0.2, 0.25) is 0 Å². The molecule has 0 aliphatic carbocycles. The van der Waals surface area contributed by atoms with Gasteiger partial charge in [0.15, 0.2) is 0 Å². The van der Waals surface area contributed by atoms with E-state index in [9.17, 15) is 0 Å². The molecule has 0 fully saturated rings. The van der Waals surface area contributed by atoms with Crippen LogP contribution in [0.3, 0.4) is 0 Å². The zero-order valence-corrected chi connectivity index (χ0v) is 7.55. The van der Waals surface area contributed by atoms with Crippen molar-refractivity contribution in [3.8, 4) is 0 Å². The van der Waals surface area contributed by atoms with Crippen LogP contribution in [-0.2, 0) is 13.1 Å². The van der Waals surface area contributed by atoms with Crippen LogP contribution in [0.5, 0.6) is 0 Å². The zero-order valence-electron chi connectivity index (χ0n) is 7.55. The summed E-state index contributed by atoms with van der Waals surface area (Å²) in [5.41, 5.74) is 0. The van der Waals surface area contributed by atoms with Gasteiger partial charge in [-0.2, -0.15) is 0 Å². The molecule has 0 unspecified atom stereocenters. The molecule has 0 bridgehead atoms. The molecule has 1 aromatic heterocycles. The van der Waals surface area contributed by atoms with Crippen LogP contribution in [0, 0.1) is 0 Å². The normalized spacial score (nSPS) is 11.1. The van der Waals surface area contributed by atoms with Gasteiger partial charge in [0.1, 0.15) is 0 Å². The molecule has 0 atom stereocenters. The highest BCUT2D eigenvalue weighted by atomic mass is 16.8. The van der Waals surface area contributed by atoms with Gasteiger partial charge < -0.3 is 0 Å². The van der Waals surface area contributed by atoms with E-state index in [1.807, 2.05) is 9.71 Å². The van der Waals surface area contributed by atoms with E-state index < -0.39 is 0 Å². The van der Waals surface area contributed by atoms with Crippen molar-refractivity contribution >= 4 is 0 Å². The predicted octanol–water partition coefficient (Wildman–Crippen LogP) is 2.48. The predicted molar refractivity (Wildman–Crippen MR) is 44.5 cm³/mol. The summed E-state index contributed by atoms with van der Waals surface area (Å²) in [4.78, 5) is 3.89. The van der Waals surface area contributed by atoms with E-state index in [0.29, 0.717) is 0 Å². The Morgan fingerprint density at radius 2 is 1.36 bits per heavy atom. The number of rotatable bonds is 6. The highest BCUT2D eigenvalue weighted by Gasteiger charge is 2.07. The summed E-state index contributed by atoms with van der Waals surface area (Å²) in [5.74, 6) is 0. The maximum Gasteiger partial charge on any atom is 0.0792 e. The summed E-state index contributed by atoms with van der Waals surface area (Å²) in [6.45, 7) is 6.50. The van der Waals surface area contributed by atoms with E-state index in [2.05, 4.69) is 13.8 Å². The molecule has 0 saturated heterocycles. The molecular formula is C8H18N2O. The minimum atomic E-state index is 1.06. The lowest BCUT2D eigenvalue weighted by molar-refractivity contribution is 0.390. The molecule has 1 rings (SSSR count). The SMILES string of the molecule is CCCCn1on1CCCC. The van der Waals surface area contributed by atoms with Gasteiger partial charge in [-0.15, -0.1) is 0 Å². The molecule has 1 aromatic rings. The van der Waals surface area contributed by atoms with Crippen molar-refractivity contribution in [2.45, 2.75) is 52.6 Å². The van der Waals surface area contributed by atoms with Crippen molar-refractivity contribution in [2.75, 3.05) is 0 Å². The molecule has 0 radical (unpaired) electrons. The molecular weight excluding hydrogens is 140 g/mol. The van der Waals surface area contributed by atoms with Gasteiger partial charge in [0.25, 0.3) is 0 Å². The van der Waals surface area contributed by atoms with E-state index >= 15 is 0 Å². The first-order valence-corrected chi connectivity index (χ1v) is 4.61. The highest BCUT2D eigenvalue weighted by Crippen LogP contribution is 2.04. The van der Waals surface area contributed by atoms with Crippen LogP contribution in [-0.4, -0.2) is 9.71 Å². The zero-order chi connectivity index (χ0) is 8.10. The fourth-order valence-electron chi connectivity index (χ4n) is 0.984. The third-order valence-electron chi connectivity index (χ3n) is 1.82. The molecule has 1 heterocycles. The minimum Gasteiger partial charge on any atom is -0.255 e. The average Bonchev–Trinajstić information content (AvgIpc) is 2.76. The smallest absolute Gasteiger partial charge is 0.0792 e. The second kappa shape index (κ2) is 4.31. The molecule has 11 heavy (non-hydrogen) atoms. The third kappa shape index (κ3) is 2.87. The summed E-state index contributed by atoms with van der Waals surface area (Å²) in [5, 5.41) is 0. The lowest BCUT2D eigenvalue weighted by Crippen LogP contribution is -1.95. The van der Waals surface area contributed by atoms with Gasteiger partial charge in [-0.1, -0.05) is 36.4 Å². The maximum atomic E-state index is 5.19. The van der Waals surface area contributed by atoms with Crippen molar-refractivity contribution in [1.82, 2.24) is 9.71 Å². The Morgan fingerprint density at radius 1 is 0.909 bits per heavy atom. The van der Waals surface area contributed by atoms with Crippen LogP contribution in [0.2, 0.25) is 0 Å². The van der Waals surface area contributed by atoms with E-state index in [1.54, 1.807) is 0 Å². The number of hydrogen-bond acceptors (Lipinski definition) is 1. The molecule has 0 amide bonds. The van der Waals surface area contributed by atoms with Gasteiger partial charge in [-0.25, -0.2) is 0 Å². The Kier molecular flexibility index (Phi) is 3.33. The number of hydrogen-bond donors (Lipinski definition) is 0. The molecule has 3 nitrogen and oxygen atoms in total. The first-order valence-electron chi connectivity index (χ1n) is 4.61. The van der Waals surface area contributed by atoms with Crippen molar-refractivity contribution in [1.29, 1.82) is 0 Å². The highest BCUT2D eigenvalue weighted by molar-refractivity contribution is 4.40. The van der Waals surface area contributed by atoms with E-state index in [1.165, 1.54) is 25.7 Å². The molecule has 0 aliphatic heterocycles. The summed E-state index contributed by atoms with van der Waals surface area (Å²) in [6.07, 6.45) is 4.92. The average molecular weight is 158 g/mol. The molecule has 66 valence electrons. The maximum absolute atomic E-state index is 5.19. The Labute approximate surface area is 67.9 Å². The van der Waals surface area contributed by atoms with Crippen molar-refractivity contribution in [3.05, 3.63) is 0 Å². The lowest BCUT2D eigenvalue weighted by Gasteiger charge is -1.88. The van der Waals surface area contributed by atoms with Gasteiger partial charge >= 0.3 is 0 Å². The van der Waals surface area contributed by atoms with Crippen molar-refractivity contribution < 1.29 is 4.63 Å². The Bertz CT molecular complexity index is 156. The Morgan fingerprint density at radius 3 is 1.73 bits per heavy atom. The van der Waals surface area contributed by atoms with Crippen molar-refractivity contribution in [3.63, 3.8) is 0 Å². The van der Waals surface area contributed by atoms with E-state index in [0.717, 1.165) is 13.1 Å². The lowest BCUT2D eigenvalue weighted by atomic mass is 10.3. The monoisotopic (exact) mass is 158 g/mol. The number of unbranched alkanes of at least 4 members (excludes halogenated alkanes) is 2. The second-order valence-electron chi connectivity index (χ2n) is 2.94. The number of aromatic nitrogens is 2. The fourth-order valence-corrected chi connectivity index (χ4v) is 0.984. The van der Waals surface area contributed by atoms with Crippen LogP contribution in [0.1, 0.15) is 39.5 Å². The molecule has 0 saturated carbocycles. The summed E-state index contributed by atoms with van der Waals surface area (Å²) in [7, 11) is 0. The molecule has 0 spiro atoms. The summed E-state index contributed by atoms with van der Waals surface area (Å²) >= 11 is 0. The van der Waals surface area contributed by atoms with Crippen LogP contribution in [0.4, 0.5) is 0 Å². The Hall–Kier alpha value is -0.600. The van der Waals surface area contributed by atoms with Crippen LogP contribution in [0.15, 0.2) is 4.63 Å². The summed E-state index contributed by atoms with van der Waals surface area (Å²) in [6, 6.07) is 0. The van der Waals surface area contributed by atoms with Gasteiger partial charge in [0, 0.05) is 0 Å². The van der Waals surface area contributed by atoms with Gasteiger partial charge in [-0.05, 0) is 12.8 Å². The largest absolute Gasteiger partial charge is 0.255 e. The number of nitrogens with zero attached hydrogens (tertiary/aromatic N) is 2. The third-order valence-corrected chi connectivity index (χ3v) is 1.82. The Balaban J connectivity index is 2.04. The molecule has 0 aromatic carbocycles. The van der Waals surface area contributed by atoms with Crippen molar-refractivity contribution in [2.24, 2.45) is 0 Å². The number of aryl methyl sites for hydroxylation is 2. The topological polar surface area (TPSA) is 23.0 Å². The minimum absolute atomic E-state index is 1.06. The first kappa shape index (κ1) is 8.50. The molecule has 3 heteroatoms. The van der Waals surface area contributed by atoms with Gasteiger partial charge in [0.05, 0.1) is 13.1 Å².